The van der Waals surface area contributed by atoms with E-state index in [0.717, 1.165) is 29.7 Å². The van der Waals surface area contributed by atoms with Crippen molar-refractivity contribution in [2.24, 2.45) is 5.92 Å². The molecule has 7 nitrogen and oxygen atoms in total. The molecular weight excluding hydrogens is 396 g/mol. The van der Waals surface area contributed by atoms with Gasteiger partial charge in [-0.2, -0.15) is 0 Å². The summed E-state index contributed by atoms with van der Waals surface area (Å²) in [5.41, 5.74) is 4.70. The van der Waals surface area contributed by atoms with Crippen LogP contribution in [0, 0.1) is 5.92 Å². The average Bonchev–Trinajstić information content (AvgIpc) is 3.17. The number of ketones is 1. The number of carbonyl (C=O) groups is 4. The molecule has 1 N–H and O–H groups in total. The number of carboxylic acid groups (broad SMARTS) is 1. The monoisotopic (exact) mass is 424 g/mol. The minimum absolute atomic E-state index is 0.261. The molecule has 0 radical (unpaired) electrons. The molecule has 0 aromatic heterocycles. The molecule has 3 aliphatic rings. The number of imide groups is 1. The number of benzene rings is 1. The van der Waals surface area contributed by atoms with E-state index >= 15 is 0 Å². The first kappa shape index (κ1) is 21.3. The highest BCUT2D eigenvalue weighted by Crippen LogP contribution is 2.41. The molecule has 0 unspecified atom stereocenters. The summed E-state index contributed by atoms with van der Waals surface area (Å²) >= 11 is 0. The van der Waals surface area contributed by atoms with Crippen LogP contribution in [0.15, 0.2) is 23.8 Å². The Morgan fingerprint density at radius 3 is 2.52 bits per heavy atom. The van der Waals surface area contributed by atoms with E-state index in [1.54, 1.807) is 19.9 Å². The number of rotatable bonds is 6. The first-order chi connectivity index (χ1) is 14.6. The van der Waals surface area contributed by atoms with Gasteiger partial charge in [0, 0.05) is 25.6 Å². The number of fused-ring (bicyclic) bond motifs is 2. The van der Waals surface area contributed by atoms with Gasteiger partial charge in [-0.15, -0.1) is 0 Å². The number of nitrogens with zero attached hydrogens (tertiary/aromatic N) is 2. The largest absolute Gasteiger partial charge is 0.481 e. The van der Waals surface area contributed by atoms with Gasteiger partial charge in [-0.25, -0.2) is 4.79 Å². The van der Waals surface area contributed by atoms with E-state index in [1.165, 1.54) is 41.5 Å². The number of urea groups is 1. The molecule has 7 heteroatoms. The maximum Gasteiger partial charge on any atom is 0.327 e. The van der Waals surface area contributed by atoms with Gasteiger partial charge in [0.1, 0.15) is 5.54 Å². The topological polar surface area (TPSA) is 95.0 Å². The first-order valence-electron chi connectivity index (χ1n) is 10.8. The third-order valence-electron chi connectivity index (χ3n) is 7.05. The Morgan fingerprint density at radius 2 is 1.87 bits per heavy atom. The van der Waals surface area contributed by atoms with Gasteiger partial charge in [0.15, 0.2) is 5.78 Å². The number of Topliss-reactive ketones (excluding diaryl/α,β-unsaturated/α-hetero) is 1. The molecule has 1 aliphatic heterocycles. The van der Waals surface area contributed by atoms with Gasteiger partial charge in [0.05, 0.1) is 5.92 Å². The second kappa shape index (κ2) is 7.62. The van der Waals surface area contributed by atoms with Crippen molar-refractivity contribution in [1.29, 1.82) is 0 Å². The van der Waals surface area contributed by atoms with Gasteiger partial charge in [0.25, 0.3) is 5.91 Å². The highest BCUT2D eigenvalue weighted by Gasteiger charge is 2.50. The molecule has 0 saturated carbocycles. The Bertz CT molecular complexity index is 1020. The quantitative estimate of drug-likeness (QED) is 0.557. The summed E-state index contributed by atoms with van der Waals surface area (Å²) in [4.78, 5) is 52.1. The molecule has 2 aliphatic carbocycles. The molecule has 31 heavy (non-hydrogen) atoms. The fraction of sp³-hybridized carbons (Fsp3) is 0.500. The summed E-state index contributed by atoms with van der Waals surface area (Å²) in [6, 6.07) is 5.10. The smallest absolute Gasteiger partial charge is 0.327 e. The lowest BCUT2D eigenvalue weighted by Crippen LogP contribution is -2.42. The molecule has 1 aromatic carbocycles. The lowest BCUT2D eigenvalue weighted by atomic mass is 9.91. The zero-order chi connectivity index (χ0) is 22.5. The van der Waals surface area contributed by atoms with Crippen LogP contribution in [0.25, 0.3) is 5.57 Å². The second-order valence-corrected chi connectivity index (χ2v) is 9.32. The zero-order valence-corrected chi connectivity index (χ0v) is 18.2. The van der Waals surface area contributed by atoms with E-state index in [9.17, 15) is 24.3 Å². The van der Waals surface area contributed by atoms with E-state index in [4.69, 9.17) is 0 Å². The van der Waals surface area contributed by atoms with Crippen LogP contribution < -0.4 is 0 Å². The number of hydrogen-bond donors (Lipinski definition) is 1. The average molecular weight is 424 g/mol. The number of carboxylic acids is 1. The van der Waals surface area contributed by atoms with Crippen LogP contribution in [-0.4, -0.2) is 57.7 Å². The summed E-state index contributed by atoms with van der Waals surface area (Å²) in [5, 5.41) is 9.67. The normalized spacial score (nSPS) is 20.7. The molecule has 3 amide bonds. The van der Waals surface area contributed by atoms with Crippen LogP contribution >= 0.6 is 0 Å². The lowest BCUT2D eigenvalue weighted by molar-refractivity contribution is -0.143. The number of aliphatic carboxylic acids is 1. The molecule has 0 spiro atoms. The third kappa shape index (κ3) is 3.56. The standard InChI is InChI=1S/C24H28N2O5/c1-24(2)22(30)26(23(31)25(24)3)13-17(21(28)29)12-20(27)15-8-9-19-16(11-15)10-14-6-4-5-7-18(14)19/h8-9,11,17H,4-7,10,12-13H2,1-3H3,(H,28,29)/t17-/m0/s1. The van der Waals surface area contributed by atoms with Gasteiger partial charge in [-0.3, -0.25) is 19.3 Å². The highest BCUT2D eigenvalue weighted by atomic mass is 16.4. The number of amides is 3. The fourth-order valence-electron chi connectivity index (χ4n) is 4.86. The fourth-order valence-corrected chi connectivity index (χ4v) is 4.86. The molecule has 1 heterocycles. The number of hydrogen-bond acceptors (Lipinski definition) is 4. The molecule has 1 atom stereocenters. The Labute approximate surface area is 181 Å². The van der Waals surface area contributed by atoms with Crippen molar-refractivity contribution in [1.82, 2.24) is 9.80 Å². The minimum Gasteiger partial charge on any atom is -0.481 e. The van der Waals surface area contributed by atoms with Gasteiger partial charge >= 0.3 is 12.0 Å². The molecule has 4 rings (SSSR count). The number of allylic oxidation sites excluding steroid dienone is 2. The summed E-state index contributed by atoms with van der Waals surface area (Å²) in [7, 11) is 1.51. The van der Waals surface area contributed by atoms with Crippen molar-refractivity contribution in [3.05, 3.63) is 40.5 Å². The van der Waals surface area contributed by atoms with Crippen LogP contribution in [0.1, 0.15) is 67.4 Å². The van der Waals surface area contributed by atoms with Crippen LogP contribution in [0.4, 0.5) is 4.79 Å². The second-order valence-electron chi connectivity index (χ2n) is 9.32. The molecular formula is C24H28N2O5. The van der Waals surface area contributed by atoms with E-state index < -0.39 is 29.4 Å². The van der Waals surface area contributed by atoms with Crippen molar-refractivity contribution in [2.75, 3.05) is 13.6 Å². The van der Waals surface area contributed by atoms with Crippen molar-refractivity contribution in [2.45, 2.75) is 57.9 Å². The lowest BCUT2D eigenvalue weighted by Gasteiger charge is -2.22. The van der Waals surface area contributed by atoms with Gasteiger partial charge in [0.2, 0.25) is 0 Å². The molecule has 1 aromatic rings. The summed E-state index contributed by atoms with van der Waals surface area (Å²) in [5.74, 6) is -3.08. The van der Waals surface area contributed by atoms with Gasteiger partial charge in [-0.05, 0) is 68.7 Å². The van der Waals surface area contributed by atoms with Crippen molar-refractivity contribution in [3.8, 4) is 0 Å². The molecule has 0 bridgehead atoms. The van der Waals surface area contributed by atoms with Crippen LogP contribution in [0.5, 0.6) is 0 Å². The predicted octanol–water partition coefficient (Wildman–Crippen LogP) is 3.52. The van der Waals surface area contributed by atoms with E-state index in [1.807, 2.05) is 12.1 Å². The Hall–Kier alpha value is -2.96. The summed E-state index contributed by atoms with van der Waals surface area (Å²) in [6.07, 6.45) is 5.20. The van der Waals surface area contributed by atoms with Gasteiger partial charge in [-0.1, -0.05) is 17.7 Å². The molecule has 1 fully saturated rings. The number of likely N-dealkylation sites (N-methyl/N-ethyl adjacent to an activating group) is 1. The Balaban J connectivity index is 1.49. The van der Waals surface area contributed by atoms with Crippen LogP contribution in [0.2, 0.25) is 0 Å². The zero-order valence-electron chi connectivity index (χ0n) is 18.2. The SMILES string of the molecule is CN1C(=O)N(C[C@H](CC(=O)c2ccc3c(c2)CC2=C3CCCC2)C(=O)O)C(=O)C1(C)C. The highest BCUT2D eigenvalue weighted by molar-refractivity contribution is 6.07. The minimum atomic E-state index is -1.19. The summed E-state index contributed by atoms with van der Waals surface area (Å²) < 4.78 is 0. The van der Waals surface area contributed by atoms with Crippen molar-refractivity contribution >= 4 is 29.3 Å². The Kier molecular flexibility index (Phi) is 5.23. The Morgan fingerprint density at radius 1 is 1.16 bits per heavy atom. The van der Waals surface area contributed by atoms with E-state index in [0.29, 0.717) is 5.56 Å². The third-order valence-corrected chi connectivity index (χ3v) is 7.05. The van der Waals surface area contributed by atoms with Crippen LogP contribution in [-0.2, 0) is 16.0 Å². The maximum atomic E-state index is 12.9. The molecule has 164 valence electrons. The van der Waals surface area contributed by atoms with Crippen molar-refractivity contribution in [3.63, 3.8) is 0 Å². The van der Waals surface area contributed by atoms with E-state index in [-0.39, 0.29) is 18.7 Å². The van der Waals surface area contributed by atoms with Crippen molar-refractivity contribution < 1.29 is 24.3 Å². The molecule has 1 saturated heterocycles. The van der Waals surface area contributed by atoms with Gasteiger partial charge < -0.3 is 10.0 Å². The maximum absolute atomic E-state index is 12.9. The first-order valence-corrected chi connectivity index (χ1v) is 10.8. The summed E-state index contributed by atoms with van der Waals surface area (Å²) in [6.45, 7) is 2.92. The number of carbonyl (C=O) groups excluding carboxylic acids is 3. The van der Waals surface area contributed by atoms with E-state index in [2.05, 4.69) is 0 Å². The predicted molar refractivity (Wildman–Crippen MR) is 115 cm³/mol. The van der Waals surface area contributed by atoms with Crippen LogP contribution in [0.3, 0.4) is 0 Å².